The standard InChI is InChI=1S/C10H16N2O3/c1-7(2)3-4-12-6-9(13)11-5-8(12)10(14)15/h8H,1,3-6H2,2H3,(H,11,13)(H,14,15). The summed E-state index contributed by atoms with van der Waals surface area (Å²) >= 11 is 0. The Hall–Kier alpha value is -1.36. The van der Waals surface area contributed by atoms with Crippen molar-refractivity contribution < 1.29 is 14.7 Å². The van der Waals surface area contributed by atoms with Crippen LogP contribution in [0.15, 0.2) is 12.2 Å². The first-order chi connectivity index (χ1) is 7.00. The maximum atomic E-state index is 11.1. The van der Waals surface area contributed by atoms with E-state index in [4.69, 9.17) is 5.11 Å². The molecule has 1 atom stereocenters. The number of carbonyl (C=O) groups is 2. The smallest absolute Gasteiger partial charge is 0.322 e. The monoisotopic (exact) mass is 212 g/mol. The normalized spacial score (nSPS) is 22.2. The topological polar surface area (TPSA) is 69.6 Å². The highest BCUT2D eigenvalue weighted by atomic mass is 16.4. The van der Waals surface area contributed by atoms with Crippen LogP contribution < -0.4 is 5.32 Å². The van der Waals surface area contributed by atoms with Crippen LogP contribution in [0.1, 0.15) is 13.3 Å². The highest BCUT2D eigenvalue weighted by Gasteiger charge is 2.31. The Morgan fingerprint density at radius 1 is 1.73 bits per heavy atom. The molecule has 0 bridgehead atoms. The molecular formula is C10H16N2O3. The number of nitrogens with one attached hydrogen (secondary N) is 1. The molecule has 1 amide bonds. The maximum absolute atomic E-state index is 11.1. The predicted octanol–water partition coefficient (Wildman–Crippen LogP) is -0.162. The van der Waals surface area contributed by atoms with Gasteiger partial charge in [-0.25, -0.2) is 0 Å². The summed E-state index contributed by atoms with van der Waals surface area (Å²) in [4.78, 5) is 23.7. The van der Waals surface area contributed by atoms with Crippen LogP contribution in [0, 0.1) is 0 Å². The first-order valence-corrected chi connectivity index (χ1v) is 4.88. The van der Waals surface area contributed by atoms with Gasteiger partial charge >= 0.3 is 5.97 Å². The molecule has 84 valence electrons. The number of carbonyl (C=O) groups excluding carboxylic acids is 1. The number of rotatable bonds is 4. The summed E-state index contributed by atoms with van der Waals surface area (Å²) in [5.74, 6) is -1.01. The fourth-order valence-electron chi connectivity index (χ4n) is 1.50. The van der Waals surface area contributed by atoms with Crippen LogP contribution in [0.5, 0.6) is 0 Å². The zero-order chi connectivity index (χ0) is 11.4. The van der Waals surface area contributed by atoms with Gasteiger partial charge in [-0.15, -0.1) is 6.58 Å². The summed E-state index contributed by atoms with van der Waals surface area (Å²) < 4.78 is 0. The van der Waals surface area contributed by atoms with Gasteiger partial charge in [0.25, 0.3) is 0 Å². The lowest BCUT2D eigenvalue weighted by atomic mass is 10.1. The highest BCUT2D eigenvalue weighted by molar-refractivity contribution is 5.83. The third-order valence-electron chi connectivity index (χ3n) is 2.39. The molecule has 1 unspecified atom stereocenters. The van der Waals surface area contributed by atoms with Crippen LogP contribution in [-0.2, 0) is 9.59 Å². The van der Waals surface area contributed by atoms with E-state index in [-0.39, 0.29) is 19.0 Å². The van der Waals surface area contributed by atoms with Crippen molar-refractivity contribution in [1.82, 2.24) is 10.2 Å². The van der Waals surface area contributed by atoms with Crippen molar-refractivity contribution in [2.75, 3.05) is 19.6 Å². The molecular weight excluding hydrogens is 196 g/mol. The van der Waals surface area contributed by atoms with Crippen LogP contribution in [0.4, 0.5) is 0 Å². The number of nitrogens with zero attached hydrogens (tertiary/aromatic N) is 1. The predicted molar refractivity (Wildman–Crippen MR) is 55.4 cm³/mol. The number of carboxylic acid groups (broad SMARTS) is 1. The van der Waals surface area contributed by atoms with Crippen molar-refractivity contribution in [3.63, 3.8) is 0 Å². The molecule has 15 heavy (non-hydrogen) atoms. The summed E-state index contributed by atoms with van der Waals surface area (Å²) in [5.41, 5.74) is 0.991. The molecule has 5 nitrogen and oxygen atoms in total. The highest BCUT2D eigenvalue weighted by Crippen LogP contribution is 2.07. The Kier molecular flexibility index (Phi) is 3.85. The minimum absolute atomic E-state index is 0.116. The Morgan fingerprint density at radius 2 is 2.40 bits per heavy atom. The summed E-state index contributed by atoms with van der Waals surface area (Å²) in [7, 11) is 0. The van der Waals surface area contributed by atoms with E-state index in [0.29, 0.717) is 6.54 Å². The fraction of sp³-hybridized carbons (Fsp3) is 0.600. The second kappa shape index (κ2) is 4.93. The van der Waals surface area contributed by atoms with E-state index >= 15 is 0 Å². The molecule has 0 saturated carbocycles. The minimum atomic E-state index is -0.892. The molecule has 1 saturated heterocycles. The summed E-state index contributed by atoms with van der Waals surface area (Å²) in [6.45, 7) is 6.55. The number of amides is 1. The Bertz CT molecular complexity index is 288. The van der Waals surface area contributed by atoms with E-state index in [1.807, 2.05) is 6.92 Å². The zero-order valence-electron chi connectivity index (χ0n) is 8.82. The molecule has 1 heterocycles. The average Bonchev–Trinajstić information content (AvgIpc) is 2.14. The zero-order valence-corrected chi connectivity index (χ0v) is 8.82. The molecule has 0 aromatic rings. The van der Waals surface area contributed by atoms with E-state index < -0.39 is 12.0 Å². The van der Waals surface area contributed by atoms with E-state index in [1.54, 1.807) is 4.90 Å². The van der Waals surface area contributed by atoms with Crippen molar-refractivity contribution in [3.8, 4) is 0 Å². The number of piperazine rings is 1. The van der Waals surface area contributed by atoms with Crippen molar-refractivity contribution >= 4 is 11.9 Å². The number of carboxylic acids is 1. The number of aliphatic carboxylic acids is 1. The van der Waals surface area contributed by atoms with E-state index in [2.05, 4.69) is 11.9 Å². The lowest BCUT2D eigenvalue weighted by molar-refractivity contribution is -0.145. The summed E-state index contributed by atoms with van der Waals surface area (Å²) in [6.07, 6.45) is 0.719. The summed E-state index contributed by atoms with van der Waals surface area (Å²) in [5, 5.41) is 11.5. The molecule has 0 aliphatic carbocycles. The third kappa shape index (κ3) is 3.36. The number of hydrogen-bond donors (Lipinski definition) is 2. The van der Waals surface area contributed by atoms with E-state index in [0.717, 1.165) is 12.0 Å². The van der Waals surface area contributed by atoms with Crippen LogP contribution >= 0.6 is 0 Å². The second-order valence-electron chi connectivity index (χ2n) is 3.84. The summed E-state index contributed by atoms with van der Waals surface area (Å²) in [6, 6.07) is -0.609. The molecule has 1 aliphatic rings. The van der Waals surface area contributed by atoms with Crippen LogP contribution in [0.2, 0.25) is 0 Å². The van der Waals surface area contributed by atoms with Gasteiger partial charge in [0.15, 0.2) is 0 Å². The van der Waals surface area contributed by atoms with E-state index in [9.17, 15) is 9.59 Å². The molecule has 1 fully saturated rings. The Labute approximate surface area is 88.8 Å². The van der Waals surface area contributed by atoms with Crippen molar-refractivity contribution in [2.45, 2.75) is 19.4 Å². The second-order valence-corrected chi connectivity index (χ2v) is 3.84. The largest absolute Gasteiger partial charge is 0.480 e. The van der Waals surface area contributed by atoms with Gasteiger partial charge in [-0.05, 0) is 13.3 Å². The Morgan fingerprint density at radius 3 is 2.93 bits per heavy atom. The lowest BCUT2D eigenvalue weighted by Crippen LogP contribution is -2.57. The molecule has 5 heteroatoms. The maximum Gasteiger partial charge on any atom is 0.322 e. The van der Waals surface area contributed by atoms with Gasteiger partial charge in [-0.3, -0.25) is 14.5 Å². The molecule has 2 N–H and O–H groups in total. The van der Waals surface area contributed by atoms with E-state index in [1.165, 1.54) is 0 Å². The van der Waals surface area contributed by atoms with Gasteiger partial charge in [0.2, 0.25) is 5.91 Å². The fourth-order valence-corrected chi connectivity index (χ4v) is 1.50. The van der Waals surface area contributed by atoms with Gasteiger partial charge in [0.05, 0.1) is 6.54 Å². The van der Waals surface area contributed by atoms with Gasteiger partial charge in [-0.2, -0.15) is 0 Å². The van der Waals surface area contributed by atoms with Gasteiger partial charge in [0.1, 0.15) is 6.04 Å². The lowest BCUT2D eigenvalue weighted by Gasteiger charge is -2.32. The molecule has 0 spiro atoms. The molecule has 0 aromatic heterocycles. The molecule has 1 aliphatic heterocycles. The first kappa shape index (κ1) is 11.7. The first-order valence-electron chi connectivity index (χ1n) is 4.88. The van der Waals surface area contributed by atoms with Crippen molar-refractivity contribution in [3.05, 3.63) is 12.2 Å². The molecule has 0 radical (unpaired) electrons. The van der Waals surface area contributed by atoms with Crippen LogP contribution in [0.25, 0.3) is 0 Å². The SMILES string of the molecule is C=C(C)CCN1CC(=O)NCC1C(=O)O. The van der Waals surface area contributed by atoms with Crippen LogP contribution in [0.3, 0.4) is 0 Å². The molecule has 1 rings (SSSR count). The van der Waals surface area contributed by atoms with Crippen LogP contribution in [-0.4, -0.2) is 47.6 Å². The van der Waals surface area contributed by atoms with Gasteiger partial charge < -0.3 is 10.4 Å². The van der Waals surface area contributed by atoms with Crippen molar-refractivity contribution in [2.24, 2.45) is 0 Å². The van der Waals surface area contributed by atoms with Gasteiger partial charge in [-0.1, -0.05) is 5.57 Å². The van der Waals surface area contributed by atoms with Gasteiger partial charge in [0, 0.05) is 13.1 Å². The Balaban J connectivity index is 2.57. The quantitative estimate of drug-likeness (QED) is 0.635. The minimum Gasteiger partial charge on any atom is -0.480 e. The average molecular weight is 212 g/mol. The van der Waals surface area contributed by atoms with Crippen molar-refractivity contribution in [1.29, 1.82) is 0 Å². The number of hydrogen-bond acceptors (Lipinski definition) is 3. The molecule has 0 aromatic carbocycles. The third-order valence-corrected chi connectivity index (χ3v) is 2.39.